The lowest BCUT2D eigenvalue weighted by Gasteiger charge is -2.51. The van der Waals surface area contributed by atoms with Crippen LogP contribution in [0, 0.1) is 5.41 Å². The topological polar surface area (TPSA) is 125 Å². The molecule has 2 aliphatic rings. The van der Waals surface area contributed by atoms with Gasteiger partial charge in [0, 0.05) is 30.4 Å². The third-order valence-electron chi connectivity index (χ3n) is 8.63. The van der Waals surface area contributed by atoms with Crippen LogP contribution in [0.15, 0.2) is 71.7 Å². The molecule has 3 aromatic rings. The number of fused-ring (bicyclic) bond motifs is 1. The molecule has 40 heavy (non-hydrogen) atoms. The third-order valence-corrected chi connectivity index (χ3v) is 8.63. The number of anilines is 1. The van der Waals surface area contributed by atoms with Gasteiger partial charge in [-0.05, 0) is 54.4 Å². The number of hydrogen-bond donors (Lipinski definition) is 3. The van der Waals surface area contributed by atoms with Crippen molar-refractivity contribution in [3.05, 3.63) is 94.2 Å². The number of carbonyl (C=O) groups is 2. The van der Waals surface area contributed by atoms with Gasteiger partial charge in [-0.3, -0.25) is 19.1 Å². The maximum Gasteiger partial charge on any atom is 0.408 e. The van der Waals surface area contributed by atoms with Gasteiger partial charge in [0.15, 0.2) is 0 Å². The third kappa shape index (κ3) is 4.79. The number of likely N-dealkylation sites (tertiary alicyclic amines) is 1. The first-order chi connectivity index (χ1) is 19.0. The fourth-order valence-electron chi connectivity index (χ4n) is 6.65. The number of aliphatic hydroxyl groups is 1. The second-order valence-corrected chi connectivity index (χ2v) is 11.8. The predicted molar refractivity (Wildman–Crippen MR) is 151 cm³/mol. The Kier molecular flexibility index (Phi) is 7.27. The van der Waals surface area contributed by atoms with E-state index in [9.17, 15) is 24.6 Å². The number of hydrogen-bond acceptors (Lipinski definition) is 5. The SMILES string of the molecule is CC(C)(C)[C@@]1([C@H](O)c2ccccc2)CC[C@@H](Cc2ccc(NC(=O)[C@@H]3CCc4nccc(=O)n43)cc2)N1C(=O)O. The number of aromatic nitrogens is 2. The van der Waals surface area contributed by atoms with Crippen LogP contribution in [0.1, 0.15) is 69.1 Å². The maximum atomic E-state index is 13.0. The van der Waals surface area contributed by atoms with Gasteiger partial charge in [-0.25, -0.2) is 9.78 Å². The lowest BCUT2D eigenvalue weighted by Crippen LogP contribution is -2.61. The lowest BCUT2D eigenvalue weighted by molar-refractivity contribution is -0.119. The molecule has 0 unspecified atom stereocenters. The van der Waals surface area contributed by atoms with Crippen LogP contribution in [-0.2, 0) is 17.6 Å². The van der Waals surface area contributed by atoms with E-state index in [0.717, 1.165) is 5.56 Å². The Hall–Kier alpha value is -3.98. The van der Waals surface area contributed by atoms with Gasteiger partial charge in [-0.2, -0.15) is 0 Å². The molecule has 2 aromatic carbocycles. The summed E-state index contributed by atoms with van der Waals surface area (Å²) in [6.07, 6.45) is 2.18. The van der Waals surface area contributed by atoms with E-state index in [1.54, 1.807) is 12.1 Å². The number of aliphatic hydroxyl groups excluding tert-OH is 1. The molecule has 0 radical (unpaired) electrons. The molecule has 1 fully saturated rings. The molecule has 5 rings (SSSR count). The molecule has 3 N–H and O–H groups in total. The van der Waals surface area contributed by atoms with Gasteiger partial charge in [0.05, 0.1) is 5.54 Å². The highest BCUT2D eigenvalue weighted by molar-refractivity contribution is 5.94. The van der Waals surface area contributed by atoms with Crippen LogP contribution in [0.4, 0.5) is 10.5 Å². The molecular formula is C31H36N4O5. The minimum Gasteiger partial charge on any atom is -0.465 e. The number of amides is 2. The summed E-state index contributed by atoms with van der Waals surface area (Å²) in [7, 11) is 0. The highest BCUT2D eigenvalue weighted by Gasteiger charge is 2.59. The van der Waals surface area contributed by atoms with Gasteiger partial charge in [0.1, 0.15) is 18.0 Å². The van der Waals surface area contributed by atoms with E-state index in [0.29, 0.717) is 49.2 Å². The van der Waals surface area contributed by atoms with E-state index >= 15 is 0 Å². The van der Waals surface area contributed by atoms with Gasteiger partial charge < -0.3 is 15.5 Å². The molecule has 0 bridgehead atoms. The molecule has 0 aliphatic carbocycles. The number of benzene rings is 2. The largest absolute Gasteiger partial charge is 0.465 e. The van der Waals surface area contributed by atoms with Crippen molar-refractivity contribution in [3.63, 3.8) is 0 Å². The van der Waals surface area contributed by atoms with E-state index in [4.69, 9.17) is 0 Å². The lowest BCUT2D eigenvalue weighted by atomic mass is 9.67. The Balaban J connectivity index is 1.33. The Morgan fingerprint density at radius 2 is 1.77 bits per heavy atom. The van der Waals surface area contributed by atoms with Crippen molar-refractivity contribution in [1.29, 1.82) is 0 Å². The van der Waals surface area contributed by atoms with Gasteiger partial charge in [0.25, 0.3) is 5.56 Å². The zero-order chi connectivity index (χ0) is 28.7. The van der Waals surface area contributed by atoms with Gasteiger partial charge in [-0.1, -0.05) is 63.2 Å². The molecule has 1 saturated heterocycles. The molecule has 9 nitrogen and oxygen atoms in total. The van der Waals surface area contributed by atoms with E-state index < -0.39 is 29.2 Å². The standard InChI is InChI=1S/C31H36N4O5/c1-30(2,3)31(27(37)21-7-5-4-6-8-21)17-15-23(35(31)29(39)40)19-20-9-11-22(12-10-20)33-28(38)24-13-14-25-32-18-16-26(36)34(24)25/h4-12,16,18,23-24,27,37H,13-15,17,19H2,1-3H3,(H,33,38)(H,39,40)/t23-,24-,27+,31-/m0/s1. The van der Waals surface area contributed by atoms with E-state index in [1.807, 2.05) is 63.2 Å². The first-order valence-corrected chi connectivity index (χ1v) is 13.7. The highest BCUT2D eigenvalue weighted by Crippen LogP contribution is 2.53. The van der Waals surface area contributed by atoms with Crippen LogP contribution in [0.5, 0.6) is 0 Å². The van der Waals surface area contributed by atoms with Crippen molar-refractivity contribution in [1.82, 2.24) is 14.5 Å². The van der Waals surface area contributed by atoms with Crippen LogP contribution >= 0.6 is 0 Å². The predicted octanol–water partition coefficient (Wildman–Crippen LogP) is 4.57. The molecule has 1 aromatic heterocycles. The normalized spacial score (nSPS) is 23.1. The highest BCUT2D eigenvalue weighted by atomic mass is 16.4. The van der Waals surface area contributed by atoms with Crippen LogP contribution in [0.25, 0.3) is 0 Å². The van der Waals surface area contributed by atoms with Crippen molar-refractivity contribution in [2.24, 2.45) is 5.41 Å². The second kappa shape index (κ2) is 10.5. The van der Waals surface area contributed by atoms with Crippen LogP contribution in [0.2, 0.25) is 0 Å². The monoisotopic (exact) mass is 544 g/mol. The fraction of sp³-hybridized carbons (Fsp3) is 0.419. The van der Waals surface area contributed by atoms with Crippen LogP contribution in [-0.4, -0.2) is 48.2 Å². The number of aryl methyl sites for hydroxylation is 1. The fourth-order valence-corrected chi connectivity index (χ4v) is 6.65. The molecule has 4 atom stereocenters. The van der Waals surface area contributed by atoms with Crippen molar-refractivity contribution in [2.45, 2.75) is 76.6 Å². The van der Waals surface area contributed by atoms with Crippen LogP contribution < -0.4 is 10.9 Å². The van der Waals surface area contributed by atoms with Gasteiger partial charge >= 0.3 is 6.09 Å². The van der Waals surface area contributed by atoms with Crippen LogP contribution in [0.3, 0.4) is 0 Å². The van der Waals surface area contributed by atoms with E-state index in [1.165, 1.54) is 21.7 Å². The Labute approximate surface area is 233 Å². The molecule has 9 heteroatoms. The Morgan fingerprint density at radius 1 is 1.07 bits per heavy atom. The maximum absolute atomic E-state index is 13.0. The number of rotatable bonds is 6. The molecule has 0 saturated carbocycles. The minimum atomic E-state index is -1.04. The number of nitrogens with one attached hydrogen (secondary N) is 1. The Bertz CT molecular complexity index is 1450. The van der Waals surface area contributed by atoms with E-state index in [-0.39, 0.29) is 17.5 Å². The molecular weight excluding hydrogens is 508 g/mol. The zero-order valence-corrected chi connectivity index (χ0v) is 23.1. The molecule has 0 spiro atoms. The summed E-state index contributed by atoms with van der Waals surface area (Å²) in [5.41, 5.74) is 0.473. The average molecular weight is 545 g/mol. The first kappa shape index (κ1) is 27.6. The molecule has 2 aliphatic heterocycles. The summed E-state index contributed by atoms with van der Waals surface area (Å²) < 4.78 is 1.45. The van der Waals surface area contributed by atoms with E-state index in [2.05, 4.69) is 10.3 Å². The van der Waals surface area contributed by atoms with Crippen molar-refractivity contribution < 1.29 is 19.8 Å². The van der Waals surface area contributed by atoms with Gasteiger partial charge in [0.2, 0.25) is 5.91 Å². The molecule has 3 heterocycles. The summed E-state index contributed by atoms with van der Waals surface area (Å²) in [5, 5.41) is 25.0. The quantitative estimate of drug-likeness (QED) is 0.418. The first-order valence-electron chi connectivity index (χ1n) is 13.7. The smallest absolute Gasteiger partial charge is 0.408 e. The zero-order valence-electron chi connectivity index (χ0n) is 23.1. The second-order valence-electron chi connectivity index (χ2n) is 11.8. The molecule has 2 amide bonds. The summed E-state index contributed by atoms with van der Waals surface area (Å²) >= 11 is 0. The summed E-state index contributed by atoms with van der Waals surface area (Å²) in [5.74, 6) is 0.352. The number of nitrogens with zero attached hydrogens (tertiary/aromatic N) is 3. The number of carbonyl (C=O) groups excluding carboxylic acids is 1. The summed E-state index contributed by atoms with van der Waals surface area (Å²) in [4.78, 5) is 43.7. The average Bonchev–Trinajstić information content (AvgIpc) is 3.53. The number of carboxylic acid groups (broad SMARTS) is 1. The molecule has 210 valence electrons. The minimum absolute atomic E-state index is 0.235. The van der Waals surface area contributed by atoms with Crippen molar-refractivity contribution in [2.75, 3.05) is 5.32 Å². The summed E-state index contributed by atoms with van der Waals surface area (Å²) in [6.45, 7) is 5.96. The van der Waals surface area contributed by atoms with Crippen molar-refractivity contribution in [3.8, 4) is 0 Å². The Morgan fingerprint density at radius 3 is 2.42 bits per heavy atom. The van der Waals surface area contributed by atoms with Crippen molar-refractivity contribution >= 4 is 17.7 Å². The van der Waals surface area contributed by atoms with Gasteiger partial charge in [-0.15, -0.1) is 0 Å². The summed E-state index contributed by atoms with van der Waals surface area (Å²) in [6, 6.07) is 17.1.